The second kappa shape index (κ2) is 4.84. The molecular weight excluding hydrogens is 274 g/mol. The Morgan fingerprint density at radius 3 is 2.62 bits per heavy atom. The normalized spacial score (nSPS) is 12.5. The lowest BCUT2D eigenvalue weighted by Gasteiger charge is -2.14. The van der Waals surface area contributed by atoms with Gasteiger partial charge in [0, 0.05) is 4.47 Å². The van der Waals surface area contributed by atoms with Crippen LogP contribution in [0.1, 0.15) is 16.7 Å². The number of halogens is 1. The maximum Gasteiger partial charge on any atom is 0.320 e. The van der Waals surface area contributed by atoms with Crippen LogP contribution in [0.4, 0.5) is 0 Å². The summed E-state index contributed by atoms with van der Waals surface area (Å²) in [5.41, 5.74) is 7.62. The van der Waals surface area contributed by atoms with Crippen molar-refractivity contribution in [3.63, 3.8) is 0 Å². The highest BCUT2D eigenvalue weighted by atomic mass is 79.9. The average Bonchev–Trinajstić information content (AvgIpc) is 2.20. The van der Waals surface area contributed by atoms with Crippen LogP contribution in [-0.2, 0) is 11.2 Å². The molecule has 0 radical (unpaired) electrons. The van der Waals surface area contributed by atoms with Gasteiger partial charge in [-0.25, -0.2) is 0 Å². The van der Waals surface area contributed by atoms with Crippen molar-refractivity contribution in [1.29, 1.82) is 0 Å². The van der Waals surface area contributed by atoms with Crippen LogP contribution in [0.15, 0.2) is 10.5 Å². The van der Waals surface area contributed by atoms with Gasteiger partial charge in [-0.2, -0.15) is 0 Å². The summed E-state index contributed by atoms with van der Waals surface area (Å²) in [6.07, 6.45) is 0.190. The third-order valence-corrected chi connectivity index (χ3v) is 3.26. The molecule has 1 rings (SSSR count). The number of aryl methyl sites for hydroxylation is 1. The monoisotopic (exact) mass is 287 g/mol. The van der Waals surface area contributed by atoms with Gasteiger partial charge in [0.2, 0.25) is 0 Å². The van der Waals surface area contributed by atoms with E-state index in [0.717, 1.165) is 15.6 Å². The van der Waals surface area contributed by atoms with Crippen molar-refractivity contribution >= 4 is 21.9 Å². The highest BCUT2D eigenvalue weighted by Gasteiger charge is 2.18. The smallest absolute Gasteiger partial charge is 0.320 e. The summed E-state index contributed by atoms with van der Waals surface area (Å²) in [6.45, 7) is 3.53. The fourth-order valence-electron chi connectivity index (χ4n) is 1.52. The van der Waals surface area contributed by atoms with E-state index in [1.165, 1.54) is 0 Å². The summed E-state index contributed by atoms with van der Waals surface area (Å²) in [5.74, 6) is -0.859. The Balaban J connectivity index is 3.14. The molecule has 0 aliphatic heterocycles. The Morgan fingerprint density at radius 1 is 1.56 bits per heavy atom. The Labute approximate surface area is 102 Å². The van der Waals surface area contributed by atoms with Crippen LogP contribution in [0.3, 0.4) is 0 Å². The van der Waals surface area contributed by atoms with Crippen LogP contribution in [0.25, 0.3) is 0 Å². The zero-order valence-corrected chi connectivity index (χ0v) is 10.7. The summed E-state index contributed by atoms with van der Waals surface area (Å²) < 4.78 is 0.775. The van der Waals surface area contributed by atoms with Crippen LogP contribution in [0.2, 0.25) is 0 Å². The summed E-state index contributed by atoms with van der Waals surface area (Å²) in [4.78, 5) is 10.7. The number of hydrogen-bond acceptors (Lipinski definition) is 3. The first-order chi connectivity index (χ1) is 7.34. The van der Waals surface area contributed by atoms with Gasteiger partial charge in [0.25, 0.3) is 0 Å². The second-order valence-electron chi connectivity index (χ2n) is 3.78. The third kappa shape index (κ3) is 2.54. The molecule has 0 aliphatic carbocycles. The number of nitrogens with two attached hydrogens (primary N) is 1. The van der Waals surface area contributed by atoms with Crippen molar-refractivity contribution in [3.05, 3.63) is 27.2 Å². The van der Waals surface area contributed by atoms with Gasteiger partial charge in [-0.1, -0.05) is 15.9 Å². The van der Waals surface area contributed by atoms with Gasteiger partial charge in [0.05, 0.1) is 0 Å². The van der Waals surface area contributed by atoms with Crippen LogP contribution in [0, 0.1) is 13.8 Å². The number of benzene rings is 1. The van der Waals surface area contributed by atoms with E-state index < -0.39 is 12.0 Å². The third-order valence-electron chi connectivity index (χ3n) is 2.55. The average molecular weight is 288 g/mol. The molecule has 0 spiro atoms. The number of rotatable bonds is 3. The van der Waals surface area contributed by atoms with E-state index in [9.17, 15) is 9.90 Å². The van der Waals surface area contributed by atoms with E-state index in [1.807, 2.05) is 0 Å². The molecule has 1 unspecified atom stereocenters. The molecule has 0 bridgehead atoms. The van der Waals surface area contributed by atoms with Gasteiger partial charge >= 0.3 is 5.97 Å². The first-order valence-electron chi connectivity index (χ1n) is 4.80. The molecule has 0 aliphatic rings. The summed E-state index contributed by atoms with van der Waals surface area (Å²) >= 11 is 3.35. The molecule has 1 atom stereocenters. The SMILES string of the molecule is Cc1cc(Br)c(CC(N)C(=O)O)c(C)c1O. The molecule has 0 fully saturated rings. The van der Waals surface area contributed by atoms with E-state index in [0.29, 0.717) is 5.56 Å². The summed E-state index contributed by atoms with van der Waals surface area (Å²) in [7, 11) is 0. The lowest BCUT2D eigenvalue weighted by atomic mass is 9.98. The number of aliphatic carboxylic acids is 1. The topological polar surface area (TPSA) is 83.6 Å². The molecule has 0 amide bonds. The summed E-state index contributed by atoms with van der Waals surface area (Å²) in [6, 6.07) is 0.795. The minimum absolute atomic E-state index is 0.190. The zero-order chi connectivity index (χ0) is 12.5. The Bertz CT molecular complexity index is 432. The fourth-order valence-corrected chi connectivity index (χ4v) is 2.32. The van der Waals surface area contributed by atoms with Crippen molar-refractivity contribution in [3.8, 4) is 5.75 Å². The molecule has 88 valence electrons. The number of hydrogen-bond donors (Lipinski definition) is 3. The lowest BCUT2D eigenvalue weighted by molar-refractivity contribution is -0.138. The van der Waals surface area contributed by atoms with Gasteiger partial charge in [-0.15, -0.1) is 0 Å². The quantitative estimate of drug-likeness (QED) is 0.791. The van der Waals surface area contributed by atoms with Crippen LogP contribution >= 0.6 is 15.9 Å². The van der Waals surface area contributed by atoms with E-state index >= 15 is 0 Å². The first kappa shape index (κ1) is 13.0. The standard InChI is InChI=1S/C11H14BrNO3/c1-5-3-8(12)7(6(2)10(5)14)4-9(13)11(15)16/h3,9,14H,4,13H2,1-2H3,(H,15,16). The highest BCUT2D eigenvalue weighted by Crippen LogP contribution is 2.31. The largest absolute Gasteiger partial charge is 0.507 e. The number of phenolic OH excluding ortho intramolecular Hbond substituents is 1. The second-order valence-corrected chi connectivity index (χ2v) is 4.63. The number of carboxylic acid groups (broad SMARTS) is 1. The molecule has 1 aromatic rings. The molecule has 0 saturated heterocycles. The predicted molar refractivity (Wildman–Crippen MR) is 64.6 cm³/mol. The molecule has 4 nitrogen and oxygen atoms in total. The van der Waals surface area contributed by atoms with Crippen LogP contribution in [-0.4, -0.2) is 22.2 Å². The minimum atomic E-state index is -1.05. The summed E-state index contributed by atoms with van der Waals surface area (Å²) in [5, 5.41) is 18.5. The number of carboxylic acids is 1. The van der Waals surface area contributed by atoms with Crippen LogP contribution < -0.4 is 5.73 Å². The molecule has 4 N–H and O–H groups in total. The Kier molecular flexibility index (Phi) is 3.93. The number of carbonyl (C=O) groups is 1. The molecule has 0 aromatic heterocycles. The number of aromatic hydroxyl groups is 1. The zero-order valence-electron chi connectivity index (χ0n) is 9.12. The van der Waals surface area contributed by atoms with Crippen molar-refractivity contribution in [2.75, 3.05) is 0 Å². The van der Waals surface area contributed by atoms with Crippen molar-refractivity contribution in [2.45, 2.75) is 26.3 Å². The van der Waals surface area contributed by atoms with E-state index in [-0.39, 0.29) is 12.2 Å². The molecule has 1 aromatic carbocycles. The molecule has 0 saturated carbocycles. The molecular formula is C11H14BrNO3. The van der Waals surface area contributed by atoms with Gasteiger partial charge in [0.1, 0.15) is 11.8 Å². The van der Waals surface area contributed by atoms with Crippen molar-refractivity contribution in [2.24, 2.45) is 5.73 Å². The Morgan fingerprint density at radius 2 is 2.12 bits per heavy atom. The van der Waals surface area contributed by atoms with Gasteiger partial charge in [-0.3, -0.25) is 4.79 Å². The maximum absolute atomic E-state index is 10.7. The predicted octanol–water partition coefficient (Wildman–Crippen LogP) is 1.73. The van der Waals surface area contributed by atoms with Crippen LogP contribution in [0.5, 0.6) is 5.75 Å². The van der Waals surface area contributed by atoms with E-state index in [1.54, 1.807) is 19.9 Å². The van der Waals surface area contributed by atoms with Crippen molar-refractivity contribution in [1.82, 2.24) is 0 Å². The first-order valence-corrected chi connectivity index (χ1v) is 5.59. The van der Waals surface area contributed by atoms with Gasteiger partial charge < -0.3 is 15.9 Å². The highest BCUT2D eigenvalue weighted by molar-refractivity contribution is 9.10. The van der Waals surface area contributed by atoms with E-state index in [2.05, 4.69) is 15.9 Å². The lowest BCUT2D eigenvalue weighted by Crippen LogP contribution is -2.32. The van der Waals surface area contributed by atoms with Crippen molar-refractivity contribution < 1.29 is 15.0 Å². The minimum Gasteiger partial charge on any atom is -0.507 e. The van der Waals surface area contributed by atoms with Gasteiger partial charge in [-0.05, 0) is 43.0 Å². The van der Waals surface area contributed by atoms with Gasteiger partial charge in [0.15, 0.2) is 0 Å². The number of phenols is 1. The van der Waals surface area contributed by atoms with E-state index in [4.69, 9.17) is 10.8 Å². The molecule has 16 heavy (non-hydrogen) atoms. The fraction of sp³-hybridized carbons (Fsp3) is 0.364. The Hall–Kier alpha value is -1.07. The maximum atomic E-state index is 10.7. The molecule has 0 heterocycles. The molecule has 5 heteroatoms.